The predicted octanol–water partition coefficient (Wildman–Crippen LogP) is 2.10. The van der Waals surface area contributed by atoms with Gasteiger partial charge in [-0.25, -0.2) is 4.79 Å². The van der Waals surface area contributed by atoms with Crippen LogP contribution in [0.5, 0.6) is 0 Å². The molecule has 1 N–H and O–H groups in total. The molecule has 0 amide bonds. The number of carboxylic acids is 1. The number of likely N-dealkylation sites (N-methyl/N-ethyl adjacent to an activating group) is 1. The molecule has 0 rings (SSSR count). The molecule has 0 saturated carbocycles. The average molecular weight is 185 g/mol. The third-order valence-electron chi connectivity index (χ3n) is 1.85. The highest BCUT2D eigenvalue weighted by molar-refractivity contribution is 5.85. The number of aliphatic carboxylic acids is 1. The largest absolute Gasteiger partial charge is 0.477 e. The number of carboxylic acid groups (broad SMARTS) is 1. The molecule has 0 unspecified atom stereocenters. The van der Waals surface area contributed by atoms with E-state index in [1.54, 1.807) is 25.1 Å². The van der Waals surface area contributed by atoms with Crippen LogP contribution < -0.4 is 0 Å². The first-order valence-corrected chi connectivity index (χ1v) is 4.70. The van der Waals surface area contributed by atoms with Gasteiger partial charge in [-0.05, 0) is 12.8 Å². The third-order valence-corrected chi connectivity index (χ3v) is 1.85. The molecule has 0 atom stereocenters. The monoisotopic (exact) mass is 185 g/mol. The fourth-order valence-corrected chi connectivity index (χ4v) is 1.09. The van der Waals surface area contributed by atoms with Gasteiger partial charge < -0.3 is 10.0 Å². The molecule has 0 aliphatic carbocycles. The van der Waals surface area contributed by atoms with Gasteiger partial charge in [-0.1, -0.05) is 25.8 Å². The summed E-state index contributed by atoms with van der Waals surface area (Å²) in [6.45, 7) is 2.13. The van der Waals surface area contributed by atoms with Crippen LogP contribution in [0.25, 0.3) is 0 Å². The van der Waals surface area contributed by atoms with Crippen LogP contribution in [0.2, 0.25) is 0 Å². The molecular formula is C10H19NO2. The van der Waals surface area contributed by atoms with E-state index in [1.807, 2.05) is 0 Å². The van der Waals surface area contributed by atoms with Gasteiger partial charge >= 0.3 is 5.97 Å². The molecule has 0 aliphatic heterocycles. The van der Waals surface area contributed by atoms with Crippen molar-refractivity contribution in [3.8, 4) is 0 Å². The topological polar surface area (TPSA) is 40.5 Å². The summed E-state index contributed by atoms with van der Waals surface area (Å²) in [5.41, 5.74) is 0.385. The minimum Gasteiger partial charge on any atom is -0.477 e. The summed E-state index contributed by atoms with van der Waals surface area (Å²) < 4.78 is 0. The molecule has 0 aromatic carbocycles. The second kappa shape index (κ2) is 6.52. The molecule has 0 heterocycles. The van der Waals surface area contributed by atoms with Crippen molar-refractivity contribution in [3.63, 3.8) is 0 Å². The SMILES string of the molecule is CCCCC/C=C(\C(=O)O)N(C)C. The van der Waals surface area contributed by atoms with Crippen molar-refractivity contribution in [1.82, 2.24) is 4.90 Å². The lowest BCUT2D eigenvalue weighted by Gasteiger charge is -2.12. The molecule has 0 fully saturated rings. The summed E-state index contributed by atoms with van der Waals surface area (Å²) in [6, 6.07) is 0. The lowest BCUT2D eigenvalue weighted by atomic mass is 10.2. The molecule has 13 heavy (non-hydrogen) atoms. The van der Waals surface area contributed by atoms with Gasteiger partial charge in [0, 0.05) is 14.1 Å². The Kier molecular flexibility index (Phi) is 6.02. The number of hydrogen-bond donors (Lipinski definition) is 1. The maximum absolute atomic E-state index is 10.7. The predicted molar refractivity (Wildman–Crippen MR) is 53.5 cm³/mol. The maximum atomic E-state index is 10.7. The van der Waals surface area contributed by atoms with E-state index in [9.17, 15) is 4.79 Å². The average Bonchev–Trinajstić information content (AvgIpc) is 2.02. The first kappa shape index (κ1) is 12.0. The first-order chi connectivity index (χ1) is 6.09. The molecule has 0 spiro atoms. The van der Waals surface area contributed by atoms with Crippen molar-refractivity contribution in [2.24, 2.45) is 0 Å². The molecular weight excluding hydrogens is 166 g/mol. The second-order valence-electron chi connectivity index (χ2n) is 3.28. The van der Waals surface area contributed by atoms with E-state index in [1.165, 1.54) is 0 Å². The van der Waals surface area contributed by atoms with Gasteiger partial charge in [0.05, 0.1) is 0 Å². The van der Waals surface area contributed by atoms with E-state index in [2.05, 4.69) is 6.92 Å². The number of unbranched alkanes of at least 4 members (excludes halogenated alkanes) is 3. The van der Waals surface area contributed by atoms with Crippen LogP contribution in [0.15, 0.2) is 11.8 Å². The van der Waals surface area contributed by atoms with Gasteiger partial charge in [-0.15, -0.1) is 0 Å². The molecule has 3 heteroatoms. The highest BCUT2D eigenvalue weighted by Crippen LogP contribution is 2.05. The Morgan fingerprint density at radius 3 is 2.38 bits per heavy atom. The molecule has 3 nitrogen and oxygen atoms in total. The Balaban J connectivity index is 3.98. The van der Waals surface area contributed by atoms with Crippen LogP contribution in [0.4, 0.5) is 0 Å². The Morgan fingerprint density at radius 1 is 1.38 bits per heavy atom. The minimum absolute atomic E-state index is 0.385. The number of carbonyl (C=O) groups is 1. The quantitative estimate of drug-likeness (QED) is 0.509. The Hall–Kier alpha value is -0.990. The summed E-state index contributed by atoms with van der Waals surface area (Å²) in [5.74, 6) is -0.846. The van der Waals surface area contributed by atoms with E-state index < -0.39 is 5.97 Å². The van der Waals surface area contributed by atoms with E-state index >= 15 is 0 Å². The Morgan fingerprint density at radius 2 is 2.00 bits per heavy atom. The van der Waals surface area contributed by atoms with Gasteiger partial charge in [-0.2, -0.15) is 0 Å². The summed E-state index contributed by atoms with van der Waals surface area (Å²) in [5, 5.41) is 8.79. The van der Waals surface area contributed by atoms with E-state index in [0.717, 1.165) is 25.7 Å². The zero-order valence-corrected chi connectivity index (χ0v) is 8.71. The van der Waals surface area contributed by atoms with E-state index in [0.29, 0.717) is 5.70 Å². The fourth-order valence-electron chi connectivity index (χ4n) is 1.09. The third kappa shape index (κ3) is 5.28. The van der Waals surface area contributed by atoms with Crippen LogP contribution >= 0.6 is 0 Å². The Labute approximate surface area is 80.0 Å². The van der Waals surface area contributed by atoms with Gasteiger partial charge in [-0.3, -0.25) is 0 Å². The number of hydrogen-bond acceptors (Lipinski definition) is 2. The lowest BCUT2D eigenvalue weighted by Crippen LogP contribution is -2.18. The molecule has 0 aliphatic rings. The highest BCUT2D eigenvalue weighted by Gasteiger charge is 2.07. The highest BCUT2D eigenvalue weighted by atomic mass is 16.4. The molecule has 0 aromatic rings. The summed E-state index contributed by atoms with van der Waals surface area (Å²) in [4.78, 5) is 12.3. The number of rotatable bonds is 6. The summed E-state index contributed by atoms with van der Waals surface area (Å²) in [7, 11) is 3.50. The van der Waals surface area contributed by atoms with Crippen LogP contribution in [0.1, 0.15) is 32.6 Å². The number of nitrogens with zero attached hydrogens (tertiary/aromatic N) is 1. The zero-order valence-electron chi connectivity index (χ0n) is 8.71. The first-order valence-electron chi connectivity index (χ1n) is 4.70. The van der Waals surface area contributed by atoms with Gasteiger partial charge in [0.1, 0.15) is 5.70 Å². The van der Waals surface area contributed by atoms with Crippen LogP contribution in [-0.4, -0.2) is 30.1 Å². The molecule has 0 aromatic heterocycles. The van der Waals surface area contributed by atoms with Crippen molar-refractivity contribution in [1.29, 1.82) is 0 Å². The van der Waals surface area contributed by atoms with Gasteiger partial charge in [0.15, 0.2) is 0 Å². The van der Waals surface area contributed by atoms with E-state index in [4.69, 9.17) is 5.11 Å². The molecule has 0 bridgehead atoms. The van der Waals surface area contributed by atoms with Crippen molar-refractivity contribution in [2.75, 3.05) is 14.1 Å². The Bertz CT molecular complexity index is 185. The van der Waals surface area contributed by atoms with Crippen LogP contribution in [0.3, 0.4) is 0 Å². The smallest absolute Gasteiger partial charge is 0.351 e. The summed E-state index contributed by atoms with van der Waals surface area (Å²) in [6.07, 6.45) is 6.04. The maximum Gasteiger partial charge on any atom is 0.351 e. The fraction of sp³-hybridized carbons (Fsp3) is 0.700. The molecule has 0 radical (unpaired) electrons. The molecule has 76 valence electrons. The summed E-state index contributed by atoms with van der Waals surface area (Å²) >= 11 is 0. The normalized spacial score (nSPS) is 11.5. The van der Waals surface area contributed by atoms with E-state index in [-0.39, 0.29) is 0 Å². The van der Waals surface area contributed by atoms with Crippen LogP contribution in [0, 0.1) is 0 Å². The van der Waals surface area contributed by atoms with Crippen LogP contribution in [-0.2, 0) is 4.79 Å². The van der Waals surface area contributed by atoms with Crippen molar-refractivity contribution in [3.05, 3.63) is 11.8 Å². The van der Waals surface area contributed by atoms with Crippen molar-refractivity contribution >= 4 is 5.97 Å². The molecule has 0 saturated heterocycles. The minimum atomic E-state index is -0.846. The second-order valence-corrected chi connectivity index (χ2v) is 3.28. The van der Waals surface area contributed by atoms with Gasteiger partial charge in [0.25, 0.3) is 0 Å². The van der Waals surface area contributed by atoms with Crippen molar-refractivity contribution < 1.29 is 9.90 Å². The zero-order chi connectivity index (χ0) is 10.3. The van der Waals surface area contributed by atoms with Gasteiger partial charge in [0.2, 0.25) is 0 Å². The number of allylic oxidation sites excluding steroid dienone is 1. The lowest BCUT2D eigenvalue weighted by molar-refractivity contribution is -0.134. The standard InChI is InChI=1S/C10H19NO2/c1-4-5-6-7-8-9(10(12)13)11(2)3/h8H,4-7H2,1-3H3,(H,12,13)/b9-8+. The van der Waals surface area contributed by atoms with Crippen molar-refractivity contribution in [2.45, 2.75) is 32.6 Å².